The molecule has 0 aromatic heterocycles. The molecule has 1 saturated carbocycles. The molecule has 4 heteroatoms. The molecule has 2 atom stereocenters. The standard InChI is InChI=1S/C21H29F3O/c1-2-3-15-4-6-16(7-5-15)17-8-10-18(11-9-17)19-12-13-20(25-14-19)21(22,23)24/h4-7,17-20H,2-3,8-14H2,1H3. The highest BCUT2D eigenvalue weighted by atomic mass is 19.4. The lowest BCUT2D eigenvalue weighted by atomic mass is 9.72. The molecule has 0 N–H and O–H groups in total. The molecule has 2 unspecified atom stereocenters. The first-order valence-corrected chi connectivity index (χ1v) is 9.74. The Morgan fingerprint density at radius 3 is 2.08 bits per heavy atom. The van der Waals surface area contributed by atoms with Gasteiger partial charge in [-0.2, -0.15) is 13.2 Å². The molecule has 2 aliphatic rings. The maximum Gasteiger partial charge on any atom is 0.414 e. The summed E-state index contributed by atoms with van der Waals surface area (Å²) in [4.78, 5) is 0. The van der Waals surface area contributed by atoms with Crippen LogP contribution in [-0.4, -0.2) is 18.9 Å². The van der Waals surface area contributed by atoms with E-state index in [1.165, 1.54) is 17.5 Å². The lowest BCUT2D eigenvalue weighted by molar-refractivity contribution is -0.238. The van der Waals surface area contributed by atoms with Crippen molar-refractivity contribution in [3.63, 3.8) is 0 Å². The minimum absolute atomic E-state index is 0.132. The van der Waals surface area contributed by atoms with E-state index in [-0.39, 0.29) is 13.0 Å². The number of halogens is 3. The van der Waals surface area contributed by atoms with Crippen LogP contribution >= 0.6 is 0 Å². The highest BCUT2D eigenvalue weighted by molar-refractivity contribution is 5.26. The van der Waals surface area contributed by atoms with E-state index in [2.05, 4.69) is 31.2 Å². The quantitative estimate of drug-likeness (QED) is 0.619. The smallest absolute Gasteiger partial charge is 0.368 e. The molecule has 1 saturated heterocycles. The second-order valence-corrected chi connectivity index (χ2v) is 7.80. The lowest BCUT2D eigenvalue weighted by Gasteiger charge is -2.38. The van der Waals surface area contributed by atoms with Crippen LogP contribution in [0.15, 0.2) is 24.3 Å². The molecule has 1 aliphatic carbocycles. The number of hydrogen-bond acceptors (Lipinski definition) is 1. The summed E-state index contributed by atoms with van der Waals surface area (Å²) in [5.74, 6) is 1.45. The SMILES string of the molecule is CCCc1ccc(C2CCC(C3CCC(C(F)(F)F)OC3)CC2)cc1. The van der Waals surface area contributed by atoms with Crippen LogP contribution in [-0.2, 0) is 11.2 Å². The van der Waals surface area contributed by atoms with Crippen LogP contribution in [0.3, 0.4) is 0 Å². The van der Waals surface area contributed by atoms with Gasteiger partial charge in [-0.25, -0.2) is 0 Å². The van der Waals surface area contributed by atoms with Crippen LogP contribution in [0.25, 0.3) is 0 Å². The fourth-order valence-electron chi connectivity index (χ4n) is 4.57. The summed E-state index contributed by atoms with van der Waals surface area (Å²) in [5, 5.41) is 0. The number of ether oxygens (including phenoxy) is 1. The second kappa shape index (κ2) is 8.11. The zero-order valence-electron chi connectivity index (χ0n) is 15.0. The molecule has 1 aliphatic heterocycles. The Morgan fingerprint density at radius 1 is 0.920 bits per heavy atom. The fourth-order valence-corrected chi connectivity index (χ4v) is 4.57. The normalized spacial score (nSPS) is 31.0. The minimum atomic E-state index is -4.20. The van der Waals surface area contributed by atoms with Gasteiger partial charge < -0.3 is 4.74 Å². The van der Waals surface area contributed by atoms with Gasteiger partial charge in [-0.3, -0.25) is 0 Å². The minimum Gasteiger partial charge on any atom is -0.368 e. The molecule has 0 bridgehead atoms. The Bertz CT molecular complexity index is 521. The third-order valence-electron chi connectivity index (χ3n) is 6.10. The second-order valence-electron chi connectivity index (χ2n) is 7.80. The zero-order valence-corrected chi connectivity index (χ0v) is 15.0. The summed E-state index contributed by atoms with van der Waals surface area (Å²) >= 11 is 0. The van der Waals surface area contributed by atoms with Gasteiger partial charge in [0.1, 0.15) is 0 Å². The van der Waals surface area contributed by atoms with Crippen LogP contribution in [0.4, 0.5) is 13.2 Å². The number of hydrogen-bond donors (Lipinski definition) is 0. The molecule has 3 rings (SSSR count). The maximum absolute atomic E-state index is 12.7. The van der Waals surface area contributed by atoms with Crippen molar-refractivity contribution in [2.24, 2.45) is 11.8 Å². The van der Waals surface area contributed by atoms with Gasteiger partial charge in [0.05, 0.1) is 6.61 Å². The molecular weight excluding hydrogens is 325 g/mol. The summed E-state index contributed by atoms with van der Waals surface area (Å²) in [6.07, 6.45) is 1.88. The van der Waals surface area contributed by atoms with Crippen LogP contribution in [0, 0.1) is 11.8 Å². The zero-order chi connectivity index (χ0) is 17.9. The van der Waals surface area contributed by atoms with Crippen LogP contribution in [0.1, 0.15) is 68.9 Å². The van der Waals surface area contributed by atoms with Crippen molar-refractivity contribution >= 4 is 0 Å². The Morgan fingerprint density at radius 2 is 1.56 bits per heavy atom. The van der Waals surface area contributed by atoms with Crippen molar-refractivity contribution in [3.05, 3.63) is 35.4 Å². The molecule has 1 nitrogen and oxygen atoms in total. The Hall–Kier alpha value is -1.03. The first-order valence-electron chi connectivity index (χ1n) is 9.74. The molecule has 0 spiro atoms. The summed E-state index contributed by atoms with van der Waals surface area (Å²) in [5.41, 5.74) is 2.83. The van der Waals surface area contributed by atoms with Gasteiger partial charge in [0.15, 0.2) is 6.10 Å². The van der Waals surface area contributed by atoms with Gasteiger partial charge >= 0.3 is 6.18 Å². The van der Waals surface area contributed by atoms with Crippen molar-refractivity contribution in [2.45, 2.75) is 76.5 Å². The van der Waals surface area contributed by atoms with Crippen molar-refractivity contribution in [3.8, 4) is 0 Å². The molecule has 0 radical (unpaired) electrons. The highest BCUT2D eigenvalue weighted by Gasteiger charge is 2.44. The van der Waals surface area contributed by atoms with E-state index in [9.17, 15) is 13.2 Å². The summed E-state index contributed by atoms with van der Waals surface area (Å²) in [6, 6.07) is 9.04. The van der Waals surface area contributed by atoms with Gasteiger partial charge in [-0.05, 0) is 73.8 Å². The van der Waals surface area contributed by atoms with E-state index in [0.29, 0.717) is 24.2 Å². The summed E-state index contributed by atoms with van der Waals surface area (Å²) in [6.45, 7) is 2.48. The molecular formula is C21H29F3O. The lowest BCUT2D eigenvalue weighted by Crippen LogP contribution is -2.39. The van der Waals surface area contributed by atoms with Gasteiger partial charge in [-0.1, -0.05) is 37.6 Å². The van der Waals surface area contributed by atoms with Gasteiger partial charge in [0, 0.05) is 0 Å². The van der Waals surface area contributed by atoms with E-state index in [4.69, 9.17) is 4.74 Å². The Kier molecular flexibility index (Phi) is 6.08. The third kappa shape index (κ3) is 4.78. The van der Waals surface area contributed by atoms with Crippen molar-refractivity contribution in [2.75, 3.05) is 6.61 Å². The van der Waals surface area contributed by atoms with E-state index in [1.807, 2.05) is 0 Å². The van der Waals surface area contributed by atoms with Gasteiger partial charge in [0.25, 0.3) is 0 Å². The average Bonchev–Trinajstić information content (AvgIpc) is 2.62. The average molecular weight is 354 g/mol. The van der Waals surface area contributed by atoms with Crippen molar-refractivity contribution in [1.29, 1.82) is 0 Å². The molecule has 2 fully saturated rings. The highest BCUT2D eigenvalue weighted by Crippen LogP contribution is 2.42. The largest absolute Gasteiger partial charge is 0.414 e. The monoisotopic (exact) mass is 354 g/mol. The van der Waals surface area contributed by atoms with Crippen LogP contribution in [0.5, 0.6) is 0 Å². The third-order valence-corrected chi connectivity index (χ3v) is 6.10. The fraction of sp³-hybridized carbons (Fsp3) is 0.714. The number of aryl methyl sites for hydroxylation is 1. The molecule has 25 heavy (non-hydrogen) atoms. The predicted octanol–water partition coefficient (Wildman–Crippen LogP) is 6.27. The van der Waals surface area contributed by atoms with Crippen LogP contribution in [0.2, 0.25) is 0 Å². The van der Waals surface area contributed by atoms with Crippen LogP contribution < -0.4 is 0 Å². The Balaban J connectivity index is 1.47. The summed E-state index contributed by atoms with van der Waals surface area (Å²) < 4.78 is 43.2. The molecule has 0 amide bonds. The van der Waals surface area contributed by atoms with E-state index >= 15 is 0 Å². The maximum atomic E-state index is 12.7. The molecule has 1 aromatic rings. The number of alkyl halides is 3. The molecule has 1 aromatic carbocycles. The molecule has 140 valence electrons. The topological polar surface area (TPSA) is 9.23 Å². The summed E-state index contributed by atoms with van der Waals surface area (Å²) in [7, 11) is 0. The van der Waals surface area contributed by atoms with E-state index in [0.717, 1.165) is 32.1 Å². The van der Waals surface area contributed by atoms with Crippen molar-refractivity contribution in [1.82, 2.24) is 0 Å². The number of benzene rings is 1. The Labute approximate surface area is 149 Å². The van der Waals surface area contributed by atoms with Crippen molar-refractivity contribution < 1.29 is 17.9 Å². The first-order chi connectivity index (χ1) is 12.0. The molecule has 1 heterocycles. The van der Waals surface area contributed by atoms with E-state index in [1.54, 1.807) is 0 Å². The predicted molar refractivity (Wildman–Crippen MR) is 93.7 cm³/mol. The van der Waals surface area contributed by atoms with E-state index < -0.39 is 12.3 Å². The van der Waals surface area contributed by atoms with Gasteiger partial charge in [0.2, 0.25) is 0 Å². The number of rotatable bonds is 4. The van der Waals surface area contributed by atoms with Gasteiger partial charge in [-0.15, -0.1) is 0 Å². The first kappa shape index (κ1) is 18.8.